The Morgan fingerprint density at radius 2 is 1.82 bits per heavy atom. The second-order valence-corrected chi connectivity index (χ2v) is 6.82. The van der Waals surface area contributed by atoms with Gasteiger partial charge in [0, 0.05) is 31.4 Å². The lowest BCUT2D eigenvalue weighted by Crippen LogP contribution is -2.51. The lowest BCUT2D eigenvalue weighted by Gasteiger charge is -2.30. The zero-order chi connectivity index (χ0) is 20.1. The second kappa shape index (κ2) is 6.30. The molecule has 2 aliphatic rings. The van der Waals surface area contributed by atoms with Crippen molar-refractivity contribution in [3.63, 3.8) is 0 Å². The fraction of sp³-hybridized carbons (Fsp3) is 0.238. The van der Waals surface area contributed by atoms with Gasteiger partial charge in [0.1, 0.15) is 5.75 Å². The van der Waals surface area contributed by atoms with E-state index >= 15 is 0 Å². The number of imide groups is 1. The van der Waals surface area contributed by atoms with Crippen molar-refractivity contribution in [1.82, 2.24) is 5.01 Å². The largest absolute Gasteiger partial charge is 0.497 e. The zero-order valence-corrected chi connectivity index (χ0v) is 15.8. The summed E-state index contributed by atoms with van der Waals surface area (Å²) >= 11 is 0. The highest BCUT2D eigenvalue weighted by Gasteiger charge is 2.60. The first kappa shape index (κ1) is 17.9. The SMILES string of the molecule is COc1cccc(C2=NN(C(C)=O)C3(C2)C(=O)N(C(C)=O)c2ccccc23)c1. The summed E-state index contributed by atoms with van der Waals surface area (Å²) in [7, 11) is 1.57. The van der Waals surface area contributed by atoms with Gasteiger partial charge in [0.25, 0.3) is 5.91 Å². The molecule has 0 fully saturated rings. The number of rotatable bonds is 2. The van der Waals surface area contributed by atoms with Gasteiger partial charge in [-0.15, -0.1) is 0 Å². The zero-order valence-electron chi connectivity index (χ0n) is 15.8. The third kappa shape index (κ3) is 2.36. The van der Waals surface area contributed by atoms with Crippen LogP contribution in [0.3, 0.4) is 0 Å². The van der Waals surface area contributed by atoms with Gasteiger partial charge in [-0.05, 0) is 18.2 Å². The quantitative estimate of drug-likeness (QED) is 0.805. The average Bonchev–Trinajstić information content (AvgIpc) is 3.20. The molecule has 2 aromatic carbocycles. The summed E-state index contributed by atoms with van der Waals surface area (Å²) < 4.78 is 5.28. The van der Waals surface area contributed by atoms with Crippen LogP contribution in [0.25, 0.3) is 0 Å². The van der Waals surface area contributed by atoms with Crippen molar-refractivity contribution in [2.45, 2.75) is 25.8 Å². The van der Waals surface area contributed by atoms with Crippen LogP contribution in [0.15, 0.2) is 53.6 Å². The van der Waals surface area contributed by atoms with Crippen molar-refractivity contribution in [3.05, 3.63) is 59.7 Å². The predicted octanol–water partition coefficient (Wildman–Crippen LogP) is 2.44. The number of nitrogens with zero attached hydrogens (tertiary/aromatic N) is 3. The molecule has 0 radical (unpaired) electrons. The summed E-state index contributed by atoms with van der Waals surface area (Å²) in [6, 6.07) is 14.3. The average molecular weight is 377 g/mol. The number of amides is 3. The van der Waals surface area contributed by atoms with Crippen molar-refractivity contribution in [2.75, 3.05) is 12.0 Å². The molecule has 2 heterocycles. The summed E-state index contributed by atoms with van der Waals surface area (Å²) in [5.74, 6) is -0.573. The van der Waals surface area contributed by atoms with Crippen molar-refractivity contribution < 1.29 is 19.1 Å². The molecule has 0 aromatic heterocycles. The molecular weight excluding hydrogens is 358 g/mol. The van der Waals surface area contributed by atoms with Gasteiger partial charge in [-0.1, -0.05) is 30.3 Å². The minimum Gasteiger partial charge on any atom is -0.497 e. The van der Waals surface area contributed by atoms with Crippen molar-refractivity contribution in [1.29, 1.82) is 0 Å². The van der Waals surface area contributed by atoms with Gasteiger partial charge in [0.05, 0.1) is 18.5 Å². The number of hydrogen-bond donors (Lipinski definition) is 0. The van der Waals surface area contributed by atoms with E-state index in [-0.39, 0.29) is 12.3 Å². The van der Waals surface area contributed by atoms with Crippen LogP contribution in [-0.2, 0) is 19.9 Å². The van der Waals surface area contributed by atoms with E-state index in [1.54, 1.807) is 31.4 Å². The van der Waals surface area contributed by atoms with Gasteiger partial charge in [-0.25, -0.2) is 9.91 Å². The number of ether oxygens (including phenoxy) is 1. The van der Waals surface area contributed by atoms with Gasteiger partial charge < -0.3 is 4.74 Å². The Morgan fingerprint density at radius 3 is 2.50 bits per heavy atom. The maximum Gasteiger partial charge on any atom is 0.266 e. The van der Waals surface area contributed by atoms with Gasteiger partial charge in [-0.2, -0.15) is 5.10 Å². The van der Waals surface area contributed by atoms with Crippen LogP contribution in [0.1, 0.15) is 31.4 Å². The molecule has 142 valence electrons. The van der Waals surface area contributed by atoms with E-state index in [4.69, 9.17) is 4.74 Å². The molecule has 1 atom stereocenters. The summed E-state index contributed by atoms with van der Waals surface area (Å²) in [6.07, 6.45) is 0.180. The van der Waals surface area contributed by atoms with E-state index in [1.807, 2.05) is 24.3 Å². The molecule has 28 heavy (non-hydrogen) atoms. The van der Waals surface area contributed by atoms with Crippen LogP contribution in [0.2, 0.25) is 0 Å². The Bertz CT molecular complexity index is 1050. The number of para-hydroxylation sites is 1. The normalized spacial score (nSPS) is 20.4. The predicted molar refractivity (Wildman–Crippen MR) is 103 cm³/mol. The third-order valence-corrected chi connectivity index (χ3v) is 5.17. The summed E-state index contributed by atoms with van der Waals surface area (Å²) in [4.78, 5) is 39.3. The Kier molecular flexibility index (Phi) is 4.03. The van der Waals surface area contributed by atoms with E-state index in [9.17, 15) is 14.4 Å². The van der Waals surface area contributed by atoms with Crippen molar-refractivity contribution in [3.8, 4) is 5.75 Å². The molecule has 2 aromatic rings. The van der Waals surface area contributed by atoms with E-state index in [0.717, 1.165) is 10.5 Å². The van der Waals surface area contributed by atoms with E-state index in [0.29, 0.717) is 22.7 Å². The molecule has 2 aliphatic heterocycles. The maximum atomic E-state index is 13.5. The summed E-state index contributed by atoms with van der Waals surface area (Å²) in [5, 5.41) is 5.71. The molecule has 7 heteroatoms. The standard InChI is InChI=1S/C21H19N3O4/c1-13(25)23-19-10-5-4-9-17(19)21(20(23)27)12-18(22-24(21)14(2)26)15-7-6-8-16(11-15)28-3/h4-11H,12H2,1-3H3. The molecule has 0 saturated heterocycles. The number of benzene rings is 2. The highest BCUT2D eigenvalue weighted by Crippen LogP contribution is 2.50. The van der Waals surface area contributed by atoms with Crippen LogP contribution >= 0.6 is 0 Å². The lowest BCUT2D eigenvalue weighted by molar-refractivity contribution is -0.144. The fourth-order valence-electron chi connectivity index (χ4n) is 3.98. The number of methoxy groups -OCH3 is 1. The molecule has 7 nitrogen and oxygen atoms in total. The van der Waals surface area contributed by atoms with Gasteiger partial charge in [-0.3, -0.25) is 14.4 Å². The molecule has 3 amide bonds. The van der Waals surface area contributed by atoms with Crippen LogP contribution in [0.5, 0.6) is 5.75 Å². The molecule has 0 aliphatic carbocycles. The topological polar surface area (TPSA) is 79.3 Å². The monoisotopic (exact) mass is 377 g/mol. The molecule has 1 unspecified atom stereocenters. The molecule has 0 saturated carbocycles. The second-order valence-electron chi connectivity index (χ2n) is 6.82. The first-order valence-corrected chi connectivity index (χ1v) is 8.87. The van der Waals surface area contributed by atoms with Crippen LogP contribution in [-0.4, -0.2) is 35.6 Å². The molecule has 4 rings (SSSR count). The van der Waals surface area contributed by atoms with Crippen LogP contribution in [0, 0.1) is 0 Å². The first-order chi connectivity index (χ1) is 13.4. The number of fused-ring (bicyclic) bond motifs is 2. The Hall–Kier alpha value is -3.48. The fourth-order valence-corrected chi connectivity index (χ4v) is 3.98. The molecule has 0 N–H and O–H groups in total. The molecule has 0 bridgehead atoms. The van der Waals surface area contributed by atoms with E-state index in [1.165, 1.54) is 18.9 Å². The minimum atomic E-state index is -1.35. The molecule has 1 spiro atoms. The van der Waals surface area contributed by atoms with Crippen LogP contribution in [0.4, 0.5) is 5.69 Å². The highest BCUT2D eigenvalue weighted by molar-refractivity contribution is 6.25. The third-order valence-electron chi connectivity index (χ3n) is 5.17. The Balaban J connectivity index is 1.89. The first-order valence-electron chi connectivity index (χ1n) is 8.87. The summed E-state index contributed by atoms with van der Waals surface area (Å²) in [5.41, 5.74) is 1.09. The number of hydrazone groups is 1. The van der Waals surface area contributed by atoms with Gasteiger partial charge >= 0.3 is 0 Å². The lowest BCUT2D eigenvalue weighted by atomic mass is 9.85. The molecular formula is C21H19N3O4. The van der Waals surface area contributed by atoms with Crippen molar-refractivity contribution >= 4 is 29.1 Å². The smallest absolute Gasteiger partial charge is 0.266 e. The number of anilines is 1. The summed E-state index contributed by atoms with van der Waals surface area (Å²) in [6.45, 7) is 2.71. The van der Waals surface area contributed by atoms with E-state index in [2.05, 4.69) is 5.10 Å². The van der Waals surface area contributed by atoms with Crippen molar-refractivity contribution in [2.24, 2.45) is 5.10 Å². The van der Waals surface area contributed by atoms with E-state index < -0.39 is 17.4 Å². The maximum absolute atomic E-state index is 13.5. The van der Waals surface area contributed by atoms with Gasteiger partial charge in [0.2, 0.25) is 11.8 Å². The Labute approximate surface area is 162 Å². The highest BCUT2D eigenvalue weighted by atomic mass is 16.5. The van der Waals surface area contributed by atoms with Crippen LogP contribution < -0.4 is 9.64 Å². The van der Waals surface area contributed by atoms with Gasteiger partial charge in [0.15, 0.2) is 5.54 Å². The Morgan fingerprint density at radius 1 is 1.07 bits per heavy atom. The minimum absolute atomic E-state index is 0.180. The number of carbonyl (C=O) groups excluding carboxylic acids is 3. The number of carbonyl (C=O) groups is 3. The number of hydrogen-bond acceptors (Lipinski definition) is 5.